The molecule has 1 aliphatic rings. The van der Waals surface area contributed by atoms with Crippen molar-refractivity contribution in [1.82, 2.24) is 4.90 Å². The van der Waals surface area contributed by atoms with Crippen molar-refractivity contribution in [2.75, 3.05) is 38.2 Å². The second-order valence-corrected chi connectivity index (χ2v) is 12.6. The molecule has 5 nitrogen and oxygen atoms in total. The Morgan fingerprint density at radius 3 is 1.57 bits per heavy atom. The summed E-state index contributed by atoms with van der Waals surface area (Å²) in [5.41, 5.74) is 7.40. The van der Waals surface area contributed by atoms with Crippen molar-refractivity contribution in [2.45, 2.75) is 102 Å². The highest BCUT2D eigenvalue weighted by atomic mass is 79.9. The Bertz CT molecular complexity index is 880. The van der Waals surface area contributed by atoms with Gasteiger partial charge in [-0.2, -0.15) is 0 Å². The minimum absolute atomic E-state index is 0.174. The molecular formula is C36H57BrN2O3. The van der Waals surface area contributed by atoms with Crippen molar-refractivity contribution >= 4 is 21.8 Å². The third-order valence-corrected chi connectivity index (χ3v) is 9.22. The molecule has 1 fully saturated rings. The van der Waals surface area contributed by atoms with Crippen LogP contribution in [0.25, 0.3) is 0 Å². The van der Waals surface area contributed by atoms with Gasteiger partial charge in [-0.05, 0) is 62.2 Å². The zero-order valence-electron chi connectivity index (χ0n) is 25.9. The molecule has 0 bridgehead atoms. The maximum absolute atomic E-state index is 13.1. The molecule has 3 rings (SSSR count). The molecule has 2 aromatic rings. The summed E-state index contributed by atoms with van der Waals surface area (Å²) in [5, 5.41) is 18.5. The summed E-state index contributed by atoms with van der Waals surface area (Å²) in [7, 11) is 0. The lowest BCUT2D eigenvalue weighted by atomic mass is 9.64. The summed E-state index contributed by atoms with van der Waals surface area (Å²) in [4.78, 5) is 15.6. The first kappa shape index (κ1) is 36.5. The van der Waals surface area contributed by atoms with E-state index in [0.29, 0.717) is 13.2 Å². The van der Waals surface area contributed by atoms with Crippen molar-refractivity contribution in [2.24, 2.45) is 11.7 Å². The third-order valence-electron chi connectivity index (χ3n) is 8.66. The van der Waals surface area contributed by atoms with Crippen LogP contribution in [0.3, 0.4) is 0 Å². The van der Waals surface area contributed by atoms with E-state index in [0.717, 1.165) is 61.8 Å². The monoisotopic (exact) mass is 644 g/mol. The number of nitrogens with two attached hydrogens (primary N) is 1. The Labute approximate surface area is 264 Å². The van der Waals surface area contributed by atoms with Gasteiger partial charge in [0.2, 0.25) is 5.91 Å². The molecule has 0 saturated carbocycles. The summed E-state index contributed by atoms with van der Waals surface area (Å²) in [5.74, 6) is -0.0760. The molecule has 4 N–H and O–H groups in total. The van der Waals surface area contributed by atoms with E-state index in [1.165, 1.54) is 70.6 Å². The number of halogens is 1. The quantitative estimate of drug-likeness (QED) is 0.0964. The van der Waals surface area contributed by atoms with Crippen molar-refractivity contribution < 1.29 is 15.0 Å². The maximum Gasteiger partial charge on any atom is 0.232 e. The SMILES string of the molecule is NC(=O)C(c1ccccc1)(c1ccccc1)[C@@H]1CCN(CCCCCCCCCO)C1.OCCCCCCCCCBr. The highest BCUT2D eigenvalue weighted by molar-refractivity contribution is 9.09. The second-order valence-electron chi connectivity index (χ2n) is 11.8. The molecule has 1 amide bonds. The molecule has 0 spiro atoms. The van der Waals surface area contributed by atoms with Crippen LogP contribution in [0.15, 0.2) is 60.7 Å². The fourth-order valence-electron chi connectivity index (χ4n) is 6.34. The predicted molar refractivity (Wildman–Crippen MR) is 180 cm³/mol. The van der Waals surface area contributed by atoms with Crippen molar-refractivity contribution in [3.05, 3.63) is 71.8 Å². The molecule has 236 valence electrons. The number of likely N-dealkylation sites (tertiary alicyclic amines) is 1. The van der Waals surface area contributed by atoms with Gasteiger partial charge < -0.3 is 20.8 Å². The third kappa shape index (κ3) is 12.5. The van der Waals surface area contributed by atoms with Crippen LogP contribution in [-0.4, -0.2) is 59.2 Å². The summed E-state index contributed by atoms with van der Waals surface area (Å²) in [6.07, 6.45) is 18.1. The van der Waals surface area contributed by atoms with Crippen LogP contribution in [0.2, 0.25) is 0 Å². The summed E-state index contributed by atoms with van der Waals surface area (Å²) < 4.78 is 0. The number of alkyl halides is 1. The van der Waals surface area contributed by atoms with E-state index in [-0.39, 0.29) is 11.8 Å². The average Bonchev–Trinajstić information content (AvgIpc) is 3.49. The van der Waals surface area contributed by atoms with Gasteiger partial charge in [0, 0.05) is 25.1 Å². The molecule has 2 aromatic carbocycles. The van der Waals surface area contributed by atoms with Gasteiger partial charge in [0.15, 0.2) is 0 Å². The number of hydrogen-bond donors (Lipinski definition) is 3. The highest BCUT2D eigenvalue weighted by Gasteiger charge is 2.49. The predicted octanol–water partition coefficient (Wildman–Crippen LogP) is 7.61. The second kappa shape index (κ2) is 22.8. The lowest BCUT2D eigenvalue weighted by Gasteiger charge is -2.37. The molecule has 1 atom stereocenters. The molecule has 0 unspecified atom stereocenters. The first-order chi connectivity index (χ1) is 20.6. The number of amides is 1. The number of unbranched alkanes of at least 4 members (excludes halogenated alkanes) is 12. The van der Waals surface area contributed by atoms with E-state index in [1.807, 2.05) is 36.4 Å². The molecule has 42 heavy (non-hydrogen) atoms. The Hall–Kier alpha value is -1.73. The lowest BCUT2D eigenvalue weighted by Crippen LogP contribution is -2.49. The van der Waals surface area contributed by atoms with E-state index in [9.17, 15) is 4.79 Å². The molecule has 1 aliphatic heterocycles. The number of carbonyl (C=O) groups excluding carboxylic acids is 1. The lowest BCUT2D eigenvalue weighted by molar-refractivity contribution is -0.123. The van der Waals surface area contributed by atoms with Crippen molar-refractivity contribution in [3.8, 4) is 0 Å². The number of aliphatic hydroxyl groups excluding tert-OH is 2. The van der Waals surface area contributed by atoms with E-state index in [4.69, 9.17) is 15.9 Å². The normalized spacial score (nSPS) is 15.4. The Balaban J connectivity index is 0.000000476. The Morgan fingerprint density at radius 2 is 1.14 bits per heavy atom. The number of benzene rings is 2. The van der Waals surface area contributed by atoms with Crippen molar-refractivity contribution in [3.63, 3.8) is 0 Å². The zero-order valence-corrected chi connectivity index (χ0v) is 27.5. The first-order valence-corrected chi connectivity index (χ1v) is 17.6. The Morgan fingerprint density at radius 1 is 0.714 bits per heavy atom. The van der Waals surface area contributed by atoms with Gasteiger partial charge in [0.05, 0.1) is 0 Å². The van der Waals surface area contributed by atoms with Gasteiger partial charge in [-0.25, -0.2) is 0 Å². The summed E-state index contributed by atoms with van der Waals surface area (Å²) in [6, 6.07) is 20.2. The Kier molecular flexibility index (Phi) is 19.8. The van der Waals surface area contributed by atoms with Crippen LogP contribution in [0.1, 0.15) is 107 Å². The fourth-order valence-corrected chi connectivity index (χ4v) is 6.73. The van der Waals surface area contributed by atoms with Crippen LogP contribution < -0.4 is 5.73 Å². The summed E-state index contributed by atoms with van der Waals surface area (Å²) >= 11 is 3.41. The van der Waals surface area contributed by atoms with Gasteiger partial charge in [-0.3, -0.25) is 4.79 Å². The minimum Gasteiger partial charge on any atom is -0.396 e. The van der Waals surface area contributed by atoms with Crippen LogP contribution in [-0.2, 0) is 10.2 Å². The average molecular weight is 646 g/mol. The molecule has 1 saturated heterocycles. The van der Waals surface area contributed by atoms with E-state index >= 15 is 0 Å². The number of rotatable bonds is 21. The molecular weight excluding hydrogens is 588 g/mol. The molecule has 0 radical (unpaired) electrons. The van der Waals surface area contributed by atoms with Gasteiger partial charge in [-0.1, -0.05) is 141 Å². The smallest absolute Gasteiger partial charge is 0.232 e. The van der Waals surface area contributed by atoms with Crippen LogP contribution in [0.5, 0.6) is 0 Å². The topological polar surface area (TPSA) is 86.8 Å². The highest BCUT2D eigenvalue weighted by Crippen LogP contribution is 2.43. The van der Waals surface area contributed by atoms with Crippen molar-refractivity contribution in [1.29, 1.82) is 0 Å². The van der Waals surface area contributed by atoms with E-state index < -0.39 is 5.41 Å². The fraction of sp³-hybridized carbons (Fsp3) is 0.639. The van der Waals surface area contributed by atoms with Crippen LogP contribution in [0.4, 0.5) is 0 Å². The molecule has 1 heterocycles. The maximum atomic E-state index is 13.1. The molecule has 6 heteroatoms. The van der Waals surface area contributed by atoms with Gasteiger partial charge in [0.25, 0.3) is 0 Å². The number of aliphatic hydroxyl groups is 2. The van der Waals surface area contributed by atoms with E-state index in [1.54, 1.807) is 0 Å². The number of primary amides is 1. The largest absolute Gasteiger partial charge is 0.396 e. The standard InChI is InChI=1S/C27H38N2O2.C9H19BrO/c28-26(31)27(23-14-8-6-9-15-23,24-16-10-7-11-17-24)25-18-20-29(22-25)19-12-4-2-1-3-5-13-21-30;10-8-6-4-2-1-3-5-7-9-11/h6-11,14-17,25,30H,1-5,12-13,18-22H2,(H2,28,31);11H,1-9H2/t25-;/m1./s1. The number of hydrogen-bond acceptors (Lipinski definition) is 4. The van der Waals surface area contributed by atoms with Gasteiger partial charge in [0.1, 0.15) is 5.41 Å². The van der Waals surface area contributed by atoms with Gasteiger partial charge >= 0.3 is 0 Å². The van der Waals surface area contributed by atoms with Crippen LogP contribution in [0, 0.1) is 5.92 Å². The van der Waals surface area contributed by atoms with E-state index in [2.05, 4.69) is 45.1 Å². The number of nitrogens with zero attached hydrogens (tertiary/aromatic N) is 1. The van der Waals surface area contributed by atoms with Gasteiger partial charge in [-0.15, -0.1) is 0 Å². The first-order valence-electron chi connectivity index (χ1n) is 16.5. The molecule has 0 aromatic heterocycles. The summed E-state index contributed by atoms with van der Waals surface area (Å²) in [6.45, 7) is 3.70. The zero-order chi connectivity index (χ0) is 30.3. The molecule has 0 aliphatic carbocycles. The minimum atomic E-state index is -0.788. The number of carbonyl (C=O) groups is 1. The van der Waals surface area contributed by atoms with Crippen LogP contribution >= 0.6 is 15.9 Å².